The van der Waals surface area contributed by atoms with Crippen molar-refractivity contribution in [3.05, 3.63) is 28.7 Å². The van der Waals surface area contributed by atoms with Gasteiger partial charge in [0.15, 0.2) is 0 Å². The Morgan fingerprint density at radius 3 is 2.19 bits per heavy atom. The van der Waals surface area contributed by atoms with Gasteiger partial charge in [0.05, 0.1) is 0 Å². The molecular weight excluding hydrogens is 272 g/mol. The smallest absolute Gasteiger partial charge is 0.407 e. The molecule has 4 nitrogen and oxygen atoms in total. The normalized spacial score (nSPS) is 16.3. The quantitative estimate of drug-likeness (QED) is 0.860. The molecule has 1 aromatic rings. The van der Waals surface area contributed by atoms with Crippen LogP contribution in [0.15, 0.2) is 28.7 Å². The minimum absolute atomic E-state index is 0.575. The molecule has 0 unspecified atom stereocenters. The number of halogens is 1. The molecule has 0 atom stereocenters. The van der Waals surface area contributed by atoms with Gasteiger partial charge in [-0.05, 0) is 24.3 Å². The Hall–Kier alpha value is -1.23. The van der Waals surface area contributed by atoms with Gasteiger partial charge in [-0.1, -0.05) is 15.9 Å². The largest absolute Gasteiger partial charge is 0.465 e. The van der Waals surface area contributed by atoms with E-state index in [-0.39, 0.29) is 0 Å². The summed E-state index contributed by atoms with van der Waals surface area (Å²) >= 11 is 3.39. The van der Waals surface area contributed by atoms with Crippen LogP contribution in [0.1, 0.15) is 0 Å². The zero-order chi connectivity index (χ0) is 11.5. The lowest BCUT2D eigenvalue weighted by Gasteiger charge is -2.34. The molecule has 5 heteroatoms. The number of hydrogen-bond acceptors (Lipinski definition) is 2. The lowest BCUT2D eigenvalue weighted by Crippen LogP contribution is -2.48. The van der Waals surface area contributed by atoms with Crippen molar-refractivity contribution in [1.82, 2.24) is 4.90 Å². The van der Waals surface area contributed by atoms with Gasteiger partial charge in [-0.15, -0.1) is 0 Å². The summed E-state index contributed by atoms with van der Waals surface area (Å²) in [5.74, 6) is 0. The molecule has 1 aliphatic heterocycles. The molecule has 1 heterocycles. The molecule has 1 N–H and O–H groups in total. The van der Waals surface area contributed by atoms with Crippen molar-refractivity contribution in [3.8, 4) is 0 Å². The molecule has 86 valence electrons. The van der Waals surface area contributed by atoms with Crippen molar-refractivity contribution in [1.29, 1.82) is 0 Å². The maximum Gasteiger partial charge on any atom is 0.407 e. The maximum absolute atomic E-state index is 10.7. The van der Waals surface area contributed by atoms with Crippen LogP contribution >= 0.6 is 15.9 Å². The van der Waals surface area contributed by atoms with Crippen molar-refractivity contribution >= 4 is 27.7 Å². The van der Waals surface area contributed by atoms with Crippen molar-refractivity contribution in [2.75, 3.05) is 31.1 Å². The Kier molecular flexibility index (Phi) is 3.33. The minimum atomic E-state index is -0.824. The average molecular weight is 285 g/mol. The summed E-state index contributed by atoms with van der Waals surface area (Å²) in [6.07, 6.45) is -0.824. The Bertz CT molecular complexity index is 372. The molecule has 0 saturated carbocycles. The topological polar surface area (TPSA) is 43.8 Å². The highest BCUT2D eigenvalue weighted by molar-refractivity contribution is 9.10. The highest BCUT2D eigenvalue weighted by Gasteiger charge is 2.20. The molecular formula is C11H13BrN2O2. The second-order valence-electron chi connectivity index (χ2n) is 3.73. The summed E-state index contributed by atoms with van der Waals surface area (Å²) in [6.45, 7) is 2.67. The van der Waals surface area contributed by atoms with Crippen LogP contribution in [-0.4, -0.2) is 42.3 Å². The highest BCUT2D eigenvalue weighted by atomic mass is 79.9. The molecule has 0 spiro atoms. The average Bonchev–Trinajstić information content (AvgIpc) is 2.30. The predicted molar refractivity (Wildman–Crippen MR) is 66.0 cm³/mol. The second kappa shape index (κ2) is 4.74. The highest BCUT2D eigenvalue weighted by Crippen LogP contribution is 2.19. The second-order valence-corrected chi connectivity index (χ2v) is 4.65. The van der Waals surface area contributed by atoms with E-state index in [2.05, 4.69) is 20.8 Å². The number of carboxylic acid groups (broad SMARTS) is 1. The van der Waals surface area contributed by atoms with Gasteiger partial charge < -0.3 is 14.9 Å². The number of piperazine rings is 1. The lowest BCUT2D eigenvalue weighted by molar-refractivity contribution is 0.142. The minimum Gasteiger partial charge on any atom is -0.465 e. The van der Waals surface area contributed by atoms with Crippen molar-refractivity contribution < 1.29 is 9.90 Å². The van der Waals surface area contributed by atoms with Gasteiger partial charge in [0.2, 0.25) is 0 Å². The van der Waals surface area contributed by atoms with E-state index in [9.17, 15) is 4.79 Å². The SMILES string of the molecule is O=C(O)N1CCN(c2ccc(Br)cc2)CC1. The summed E-state index contributed by atoms with van der Waals surface area (Å²) in [5, 5.41) is 8.83. The van der Waals surface area contributed by atoms with E-state index in [0.717, 1.165) is 23.2 Å². The third kappa shape index (κ3) is 2.47. The Morgan fingerprint density at radius 1 is 1.12 bits per heavy atom. The van der Waals surface area contributed by atoms with Crippen LogP contribution in [0.5, 0.6) is 0 Å². The molecule has 1 aromatic carbocycles. The zero-order valence-electron chi connectivity index (χ0n) is 8.77. The van der Waals surface area contributed by atoms with Gasteiger partial charge in [-0.3, -0.25) is 0 Å². The van der Waals surface area contributed by atoms with Crippen LogP contribution in [0.3, 0.4) is 0 Å². The van der Waals surface area contributed by atoms with Gasteiger partial charge >= 0.3 is 6.09 Å². The van der Waals surface area contributed by atoms with E-state index in [1.54, 1.807) is 0 Å². The zero-order valence-corrected chi connectivity index (χ0v) is 10.4. The standard InChI is InChI=1S/C11H13BrN2O2/c12-9-1-3-10(4-2-9)13-5-7-14(8-6-13)11(15)16/h1-4H,5-8H2,(H,15,16). The van der Waals surface area contributed by atoms with Crippen LogP contribution in [0.2, 0.25) is 0 Å². The van der Waals surface area contributed by atoms with Crippen molar-refractivity contribution in [2.24, 2.45) is 0 Å². The molecule has 1 aliphatic rings. The van der Waals surface area contributed by atoms with Crippen LogP contribution in [0, 0.1) is 0 Å². The van der Waals surface area contributed by atoms with Gasteiger partial charge in [-0.25, -0.2) is 4.79 Å². The van der Waals surface area contributed by atoms with E-state index >= 15 is 0 Å². The van der Waals surface area contributed by atoms with Gasteiger partial charge in [0, 0.05) is 36.3 Å². The first kappa shape index (κ1) is 11.3. The number of carbonyl (C=O) groups is 1. The number of rotatable bonds is 1. The Balaban J connectivity index is 1.99. The van der Waals surface area contributed by atoms with Crippen LogP contribution in [0.25, 0.3) is 0 Å². The van der Waals surface area contributed by atoms with E-state index in [1.165, 1.54) is 4.90 Å². The van der Waals surface area contributed by atoms with Gasteiger partial charge in [0.1, 0.15) is 0 Å². The molecule has 2 rings (SSSR count). The van der Waals surface area contributed by atoms with E-state index < -0.39 is 6.09 Å². The molecule has 0 aromatic heterocycles. The number of nitrogens with zero attached hydrogens (tertiary/aromatic N) is 2. The summed E-state index contributed by atoms with van der Waals surface area (Å²) in [7, 11) is 0. The molecule has 0 radical (unpaired) electrons. The summed E-state index contributed by atoms with van der Waals surface area (Å²) in [6, 6.07) is 8.08. The van der Waals surface area contributed by atoms with Crippen molar-refractivity contribution in [2.45, 2.75) is 0 Å². The Morgan fingerprint density at radius 2 is 1.69 bits per heavy atom. The molecule has 1 amide bonds. The fourth-order valence-electron chi connectivity index (χ4n) is 1.81. The van der Waals surface area contributed by atoms with Crippen molar-refractivity contribution in [3.63, 3.8) is 0 Å². The third-order valence-electron chi connectivity index (χ3n) is 2.74. The first-order valence-electron chi connectivity index (χ1n) is 5.15. The first-order valence-corrected chi connectivity index (χ1v) is 5.94. The molecule has 0 bridgehead atoms. The number of hydrogen-bond donors (Lipinski definition) is 1. The Labute approximate surface area is 103 Å². The first-order chi connectivity index (χ1) is 7.66. The summed E-state index contributed by atoms with van der Waals surface area (Å²) < 4.78 is 1.06. The van der Waals surface area contributed by atoms with Gasteiger partial charge in [0.25, 0.3) is 0 Å². The summed E-state index contributed by atoms with van der Waals surface area (Å²) in [5.41, 5.74) is 1.15. The third-order valence-corrected chi connectivity index (χ3v) is 3.27. The van der Waals surface area contributed by atoms with E-state index in [1.807, 2.05) is 24.3 Å². The van der Waals surface area contributed by atoms with Crippen LogP contribution < -0.4 is 4.90 Å². The molecule has 1 saturated heterocycles. The van der Waals surface area contributed by atoms with Crippen LogP contribution in [0.4, 0.5) is 10.5 Å². The number of benzene rings is 1. The molecule has 16 heavy (non-hydrogen) atoms. The van der Waals surface area contributed by atoms with E-state index in [0.29, 0.717) is 13.1 Å². The fourth-order valence-corrected chi connectivity index (χ4v) is 2.07. The molecule has 1 fully saturated rings. The fraction of sp³-hybridized carbons (Fsp3) is 0.364. The number of amides is 1. The van der Waals surface area contributed by atoms with Gasteiger partial charge in [-0.2, -0.15) is 0 Å². The van der Waals surface area contributed by atoms with Crippen LogP contribution in [-0.2, 0) is 0 Å². The lowest BCUT2D eigenvalue weighted by atomic mass is 10.2. The van der Waals surface area contributed by atoms with E-state index in [4.69, 9.17) is 5.11 Å². The monoisotopic (exact) mass is 284 g/mol. The predicted octanol–water partition coefficient (Wildman–Crippen LogP) is 2.25. The molecule has 0 aliphatic carbocycles. The summed E-state index contributed by atoms with van der Waals surface area (Å²) in [4.78, 5) is 14.4. The number of anilines is 1. The maximum atomic E-state index is 10.7.